The lowest BCUT2D eigenvalue weighted by atomic mass is 9.92. The summed E-state index contributed by atoms with van der Waals surface area (Å²) in [4.78, 5) is 0. The first-order chi connectivity index (χ1) is 10.8. The van der Waals surface area contributed by atoms with Gasteiger partial charge in [0, 0.05) is 6.04 Å². The van der Waals surface area contributed by atoms with E-state index < -0.39 is 0 Å². The third-order valence-corrected chi connectivity index (χ3v) is 4.61. The summed E-state index contributed by atoms with van der Waals surface area (Å²) in [6.07, 6.45) is 5.12. The molecular weight excluding hydrogens is 268 g/mol. The number of hydrogen-bond acceptors (Lipinski definition) is 2. The Morgan fingerprint density at radius 3 is 2.14 bits per heavy atom. The zero-order valence-electron chi connectivity index (χ0n) is 12.8. The van der Waals surface area contributed by atoms with E-state index in [1.807, 2.05) is 12.1 Å². The van der Waals surface area contributed by atoms with E-state index >= 15 is 0 Å². The summed E-state index contributed by atoms with van der Waals surface area (Å²) in [5.41, 5.74) is 2.21. The lowest BCUT2D eigenvalue weighted by Gasteiger charge is -2.29. The van der Waals surface area contributed by atoms with Gasteiger partial charge < -0.3 is 0 Å². The third kappa shape index (κ3) is 3.37. The van der Waals surface area contributed by atoms with Gasteiger partial charge in [0.15, 0.2) is 0 Å². The van der Waals surface area contributed by atoms with Crippen molar-refractivity contribution in [1.29, 1.82) is 5.26 Å². The Kier molecular flexibility index (Phi) is 4.56. The van der Waals surface area contributed by atoms with Crippen LogP contribution in [-0.2, 0) is 6.42 Å². The van der Waals surface area contributed by atoms with Crippen molar-refractivity contribution in [3.05, 3.63) is 71.8 Å². The molecule has 112 valence electrons. The molecule has 1 N–H and O–H groups in total. The van der Waals surface area contributed by atoms with Gasteiger partial charge >= 0.3 is 0 Å². The molecule has 0 spiro atoms. The zero-order chi connectivity index (χ0) is 15.3. The minimum Gasteiger partial charge on any atom is -0.292 e. The van der Waals surface area contributed by atoms with Crippen molar-refractivity contribution in [1.82, 2.24) is 5.32 Å². The van der Waals surface area contributed by atoms with Gasteiger partial charge in [0.25, 0.3) is 0 Å². The van der Waals surface area contributed by atoms with Gasteiger partial charge in [-0.05, 0) is 30.4 Å². The van der Waals surface area contributed by atoms with Gasteiger partial charge in [0.05, 0.1) is 6.07 Å². The van der Waals surface area contributed by atoms with Crippen molar-refractivity contribution in [2.45, 2.75) is 43.7 Å². The molecule has 0 unspecified atom stereocenters. The van der Waals surface area contributed by atoms with Crippen LogP contribution in [0.4, 0.5) is 0 Å². The molecule has 2 heteroatoms. The van der Waals surface area contributed by atoms with E-state index in [-0.39, 0.29) is 11.6 Å². The average Bonchev–Trinajstić information content (AvgIpc) is 3.05. The number of nitriles is 1. The molecule has 0 saturated heterocycles. The monoisotopic (exact) mass is 290 g/mol. The molecule has 22 heavy (non-hydrogen) atoms. The molecule has 2 aromatic carbocycles. The van der Waals surface area contributed by atoms with Gasteiger partial charge in [0.2, 0.25) is 0 Å². The standard InChI is InChI=1S/C20H22N2/c21-16-20(13-7-8-14-20)22-19(18-11-5-2-6-12-18)15-17-9-3-1-4-10-17/h1-6,9-12,19,22H,7-8,13-15H2/t19-/m0/s1. The molecule has 0 bridgehead atoms. The van der Waals surface area contributed by atoms with E-state index in [2.05, 4.69) is 59.9 Å². The smallest absolute Gasteiger partial charge is 0.107 e. The van der Waals surface area contributed by atoms with Crippen LogP contribution in [0.5, 0.6) is 0 Å². The Hall–Kier alpha value is -2.11. The molecule has 0 amide bonds. The maximum absolute atomic E-state index is 9.67. The second-order valence-corrected chi connectivity index (χ2v) is 6.20. The molecule has 0 aliphatic heterocycles. The van der Waals surface area contributed by atoms with Gasteiger partial charge in [-0.25, -0.2) is 0 Å². The highest BCUT2D eigenvalue weighted by atomic mass is 15.0. The zero-order valence-corrected chi connectivity index (χ0v) is 12.8. The molecule has 3 rings (SSSR count). The fraction of sp³-hybridized carbons (Fsp3) is 0.350. The van der Waals surface area contributed by atoms with Crippen LogP contribution in [0.1, 0.15) is 42.9 Å². The SMILES string of the molecule is N#CC1(N[C@@H](Cc2ccccc2)c2ccccc2)CCCC1. The summed E-state index contributed by atoms with van der Waals surface area (Å²) in [5, 5.41) is 13.3. The Morgan fingerprint density at radius 2 is 1.55 bits per heavy atom. The highest BCUT2D eigenvalue weighted by Gasteiger charge is 2.36. The largest absolute Gasteiger partial charge is 0.292 e. The fourth-order valence-electron chi connectivity index (χ4n) is 3.39. The Labute approximate surface area is 132 Å². The molecule has 1 atom stereocenters. The molecule has 0 heterocycles. The maximum Gasteiger partial charge on any atom is 0.107 e. The number of nitrogens with one attached hydrogen (secondary N) is 1. The van der Waals surface area contributed by atoms with Crippen LogP contribution in [0.25, 0.3) is 0 Å². The van der Waals surface area contributed by atoms with E-state index in [4.69, 9.17) is 0 Å². The molecular formula is C20H22N2. The second kappa shape index (κ2) is 6.77. The van der Waals surface area contributed by atoms with Gasteiger partial charge in [0.1, 0.15) is 5.54 Å². The summed E-state index contributed by atoms with van der Waals surface area (Å²) >= 11 is 0. The van der Waals surface area contributed by atoms with Crippen molar-refractivity contribution in [3.8, 4) is 6.07 Å². The molecule has 1 aliphatic rings. The highest BCUT2D eigenvalue weighted by molar-refractivity contribution is 5.25. The number of rotatable bonds is 5. The number of hydrogen-bond donors (Lipinski definition) is 1. The van der Waals surface area contributed by atoms with Crippen molar-refractivity contribution in [2.24, 2.45) is 0 Å². The van der Waals surface area contributed by atoms with Crippen LogP contribution in [0.2, 0.25) is 0 Å². The van der Waals surface area contributed by atoms with Gasteiger partial charge in [-0.1, -0.05) is 73.5 Å². The molecule has 1 saturated carbocycles. The summed E-state index contributed by atoms with van der Waals surface area (Å²) in [7, 11) is 0. The van der Waals surface area contributed by atoms with Crippen LogP contribution in [0, 0.1) is 11.3 Å². The molecule has 1 fully saturated rings. The quantitative estimate of drug-likeness (QED) is 0.886. The normalized spacial score (nSPS) is 17.8. The number of nitrogens with zero attached hydrogens (tertiary/aromatic N) is 1. The molecule has 0 aromatic heterocycles. The van der Waals surface area contributed by atoms with E-state index in [1.165, 1.54) is 11.1 Å². The summed E-state index contributed by atoms with van der Waals surface area (Å²) in [6, 6.07) is 23.7. The predicted molar refractivity (Wildman–Crippen MR) is 89.3 cm³/mol. The van der Waals surface area contributed by atoms with Crippen LogP contribution in [0.15, 0.2) is 60.7 Å². The fourth-order valence-corrected chi connectivity index (χ4v) is 3.39. The van der Waals surface area contributed by atoms with Crippen LogP contribution in [-0.4, -0.2) is 5.54 Å². The van der Waals surface area contributed by atoms with E-state index in [0.29, 0.717) is 0 Å². The van der Waals surface area contributed by atoms with Crippen molar-refractivity contribution >= 4 is 0 Å². The first-order valence-corrected chi connectivity index (χ1v) is 8.09. The van der Waals surface area contributed by atoms with Gasteiger partial charge in [-0.3, -0.25) is 5.32 Å². The Bertz CT molecular complexity index is 622. The van der Waals surface area contributed by atoms with Crippen LogP contribution < -0.4 is 5.32 Å². The Morgan fingerprint density at radius 1 is 0.955 bits per heavy atom. The van der Waals surface area contributed by atoms with Gasteiger partial charge in [-0.15, -0.1) is 0 Å². The molecule has 1 aliphatic carbocycles. The molecule has 0 radical (unpaired) electrons. The summed E-state index contributed by atoms with van der Waals surface area (Å²) in [5.74, 6) is 0. The lowest BCUT2D eigenvalue weighted by Crippen LogP contribution is -2.44. The summed E-state index contributed by atoms with van der Waals surface area (Å²) in [6.45, 7) is 0. The van der Waals surface area contributed by atoms with E-state index in [9.17, 15) is 5.26 Å². The summed E-state index contributed by atoms with van der Waals surface area (Å²) < 4.78 is 0. The topological polar surface area (TPSA) is 35.8 Å². The van der Waals surface area contributed by atoms with E-state index in [1.54, 1.807) is 0 Å². The maximum atomic E-state index is 9.67. The Balaban J connectivity index is 1.85. The molecule has 2 aromatic rings. The van der Waals surface area contributed by atoms with Crippen molar-refractivity contribution < 1.29 is 0 Å². The van der Waals surface area contributed by atoms with Gasteiger partial charge in [-0.2, -0.15) is 5.26 Å². The first-order valence-electron chi connectivity index (χ1n) is 8.09. The van der Waals surface area contributed by atoms with Crippen molar-refractivity contribution in [3.63, 3.8) is 0 Å². The highest BCUT2D eigenvalue weighted by Crippen LogP contribution is 2.32. The first kappa shape index (κ1) is 14.8. The average molecular weight is 290 g/mol. The second-order valence-electron chi connectivity index (χ2n) is 6.20. The molecule has 2 nitrogen and oxygen atoms in total. The third-order valence-electron chi connectivity index (χ3n) is 4.61. The van der Waals surface area contributed by atoms with Crippen molar-refractivity contribution in [2.75, 3.05) is 0 Å². The van der Waals surface area contributed by atoms with E-state index in [0.717, 1.165) is 32.1 Å². The minimum atomic E-state index is -0.352. The van der Waals surface area contributed by atoms with Crippen LogP contribution in [0.3, 0.4) is 0 Å². The van der Waals surface area contributed by atoms with Crippen LogP contribution >= 0.6 is 0 Å². The lowest BCUT2D eigenvalue weighted by molar-refractivity contribution is 0.361. The minimum absolute atomic E-state index is 0.182. The number of benzene rings is 2. The predicted octanol–water partition coefficient (Wildman–Crippen LogP) is 4.40.